The van der Waals surface area contributed by atoms with Crippen LogP contribution in [0.15, 0.2) is 0 Å². The van der Waals surface area contributed by atoms with Crippen molar-refractivity contribution in [3.8, 4) is 0 Å². The molecular formula is C4H11AlNO4. The summed E-state index contributed by atoms with van der Waals surface area (Å²) < 4.78 is 18.8. The second-order valence-electron chi connectivity index (χ2n) is 1.12. The number of carbonyl (C=O) groups excluding carboxylic acids is 1. The van der Waals surface area contributed by atoms with Gasteiger partial charge in [0.25, 0.3) is 0 Å². The van der Waals surface area contributed by atoms with Gasteiger partial charge in [0.2, 0.25) is 0 Å². The minimum atomic E-state index is -1.25. The first-order valence-electron chi connectivity index (χ1n) is 2.68. The Balaban J connectivity index is 0. The van der Waals surface area contributed by atoms with Crippen molar-refractivity contribution in [1.82, 2.24) is 0 Å². The summed E-state index contributed by atoms with van der Waals surface area (Å²) in [5.74, 6) is -0.345. The maximum absolute atomic E-state index is 10.1. The highest BCUT2D eigenvalue weighted by molar-refractivity contribution is 6.13. The molecule has 4 N–H and O–H groups in total. The molecule has 0 heterocycles. The molecule has 0 aliphatic rings. The molecule has 6 heteroatoms. The van der Waals surface area contributed by atoms with Crippen LogP contribution >= 0.6 is 0 Å². The van der Waals surface area contributed by atoms with Gasteiger partial charge in [0.05, 0.1) is 13.2 Å². The van der Waals surface area contributed by atoms with E-state index in [-0.39, 0.29) is 12.5 Å². The Hall–Kier alpha value is -0.118. The van der Waals surface area contributed by atoms with E-state index < -0.39 is 15.9 Å². The van der Waals surface area contributed by atoms with Gasteiger partial charge < -0.3 is 18.8 Å². The van der Waals surface area contributed by atoms with Gasteiger partial charge >= 0.3 is 21.9 Å². The zero-order chi connectivity index (χ0) is 8.41. The maximum atomic E-state index is 10.1. The topological polar surface area (TPSA) is 92.8 Å². The highest BCUT2D eigenvalue weighted by atomic mass is 27.2. The normalized spacial score (nSPS) is 7.20. The monoisotopic (exact) mass is 164 g/mol. The molecule has 0 spiro atoms. The Morgan fingerprint density at radius 3 is 2.20 bits per heavy atom. The van der Waals surface area contributed by atoms with E-state index in [1.807, 2.05) is 0 Å². The fraction of sp³-hybridized carbons (Fsp3) is 0.750. The zero-order valence-corrected chi connectivity index (χ0v) is 6.93. The lowest BCUT2D eigenvalue weighted by atomic mass is 10.7. The summed E-state index contributed by atoms with van der Waals surface area (Å²) in [7, 11) is 0. The molecule has 0 aromatic rings. The van der Waals surface area contributed by atoms with E-state index in [1.54, 1.807) is 6.92 Å². The average molecular weight is 164 g/mol. The van der Waals surface area contributed by atoms with Crippen LogP contribution in [0, 0.1) is 0 Å². The van der Waals surface area contributed by atoms with Gasteiger partial charge in [0.15, 0.2) is 0 Å². The highest BCUT2D eigenvalue weighted by Crippen LogP contribution is 1.69. The standard InChI is InChI=1S/C4H9NO2.Al.2H2O/c1-2-7-4(6)3-5;;;/h2-3,5H2,1H3;;2*1H2/q;+2;;/p-2. The van der Waals surface area contributed by atoms with Crippen LogP contribution in [0.1, 0.15) is 6.92 Å². The summed E-state index contributed by atoms with van der Waals surface area (Å²) in [6.45, 7) is 2.14. The van der Waals surface area contributed by atoms with E-state index in [0.717, 1.165) is 0 Å². The minimum absolute atomic E-state index is 0.0200. The molecule has 0 saturated carbocycles. The third-order valence-corrected chi connectivity index (χ3v) is 0.472. The van der Waals surface area contributed by atoms with Crippen LogP contribution in [0.3, 0.4) is 0 Å². The highest BCUT2D eigenvalue weighted by Gasteiger charge is 1.91. The van der Waals surface area contributed by atoms with Crippen LogP contribution in [0.2, 0.25) is 0 Å². The second kappa shape index (κ2) is 11.7. The second-order valence-corrected chi connectivity index (χ2v) is 1.36. The molecule has 0 aromatic carbocycles. The first kappa shape index (κ1) is 12.5. The Morgan fingerprint density at radius 2 is 2.10 bits per heavy atom. The summed E-state index contributed by atoms with van der Waals surface area (Å²) in [5, 5.41) is 0. The van der Waals surface area contributed by atoms with Gasteiger partial charge in [-0.3, -0.25) is 4.79 Å². The van der Waals surface area contributed by atoms with Gasteiger partial charge in [-0.2, -0.15) is 0 Å². The van der Waals surface area contributed by atoms with Crippen molar-refractivity contribution in [2.24, 2.45) is 5.73 Å². The van der Waals surface area contributed by atoms with Crippen molar-refractivity contribution in [2.75, 3.05) is 13.2 Å². The summed E-state index contributed by atoms with van der Waals surface area (Å²) >= 11 is -1.25. The minimum Gasteiger partial charge on any atom is -0.499 e. The van der Waals surface area contributed by atoms with E-state index >= 15 is 0 Å². The van der Waals surface area contributed by atoms with E-state index in [0.29, 0.717) is 6.61 Å². The Labute approximate surface area is 66.2 Å². The van der Waals surface area contributed by atoms with E-state index in [4.69, 9.17) is 14.1 Å². The fourth-order valence-electron chi connectivity index (χ4n) is 0.220. The lowest BCUT2D eigenvalue weighted by molar-refractivity contribution is -0.141. The van der Waals surface area contributed by atoms with Crippen LogP contribution in [0.4, 0.5) is 0 Å². The van der Waals surface area contributed by atoms with Crippen LogP contribution < -0.4 is 5.73 Å². The third kappa shape index (κ3) is 15.7. The van der Waals surface area contributed by atoms with Crippen molar-refractivity contribution in [2.45, 2.75) is 6.92 Å². The van der Waals surface area contributed by atoms with Crippen LogP contribution in [-0.4, -0.2) is 43.3 Å². The lowest BCUT2D eigenvalue weighted by Crippen LogP contribution is -2.16. The molecule has 0 saturated heterocycles. The molecule has 0 aliphatic carbocycles. The van der Waals surface area contributed by atoms with Crippen molar-refractivity contribution >= 4 is 21.9 Å². The largest absolute Gasteiger partial charge is 0.662 e. The number of esters is 1. The molecule has 10 heavy (non-hydrogen) atoms. The summed E-state index contributed by atoms with van der Waals surface area (Å²) in [5.41, 5.74) is 4.88. The molecule has 0 unspecified atom stereocenters. The van der Waals surface area contributed by atoms with Crippen molar-refractivity contribution in [1.29, 1.82) is 0 Å². The van der Waals surface area contributed by atoms with Crippen LogP contribution in [0.5, 0.6) is 0 Å². The van der Waals surface area contributed by atoms with Gasteiger partial charge in [-0.25, -0.2) is 0 Å². The Morgan fingerprint density at radius 1 is 1.70 bits per heavy atom. The molecule has 0 amide bonds. The molecule has 1 radical (unpaired) electrons. The molecule has 0 atom stereocenters. The fourth-order valence-corrected chi connectivity index (χ4v) is 0.220. The number of ether oxygens (including phenoxy) is 1. The number of hydrogen-bond donors (Lipinski definition) is 3. The predicted octanol–water partition coefficient (Wildman–Crippen LogP) is -1.99. The molecule has 0 bridgehead atoms. The quantitative estimate of drug-likeness (QED) is 0.324. The number of rotatable bonds is 2. The molecular weight excluding hydrogens is 153 g/mol. The van der Waals surface area contributed by atoms with E-state index in [9.17, 15) is 4.79 Å². The third-order valence-electron chi connectivity index (χ3n) is 0.472. The van der Waals surface area contributed by atoms with Crippen LogP contribution in [0.25, 0.3) is 0 Å². The van der Waals surface area contributed by atoms with Gasteiger partial charge in [-0.1, -0.05) is 0 Å². The lowest BCUT2D eigenvalue weighted by Gasteiger charge is -1.93. The van der Waals surface area contributed by atoms with Gasteiger partial charge in [-0.05, 0) is 6.92 Å². The summed E-state index contributed by atoms with van der Waals surface area (Å²) in [4.78, 5) is 10.1. The van der Waals surface area contributed by atoms with E-state index in [1.165, 1.54) is 0 Å². The van der Waals surface area contributed by atoms with Crippen molar-refractivity contribution < 1.29 is 17.8 Å². The molecule has 5 nitrogen and oxygen atoms in total. The van der Waals surface area contributed by atoms with Crippen molar-refractivity contribution in [3.63, 3.8) is 0 Å². The maximum Gasteiger partial charge on any atom is 0.662 e. The summed E-state index contributed by atoms with van der Waals surface area (Å²) in [6, 6.07) is 0. The Bertz CT molecular complexity index is 79.7. The molecule has 0 aromatic heterocycles. The number of nitrogens with two attached hydrogens (primary N) is 1. The number of hydrogen-bond acceptors (Lipinski definition) is 5. The summed E-state index contributed by atoms with van der Waals surface area (Å²) in [6.07, 6.45) is 0. The van der Waals surface area contributed by atoms with Gasteiger partial charge in [0, 0.05) is 0 Å². The first-order chi connectivity index (χ1) is 4.72. The molecule has 0 fully saturated rings. The average Bonchev–Trinajstić information content (AvgIpc) is 1.90. The van der Waals surface area contributed by atoms with Crippen LogP contribution in [-0.2, 0) is 9.53 Å². The van der Waals surface area contributed by atoms with Gasteiger partial charge in [0.1, 0.15) is 0 Å². The van der Waals surface area contributed by atoms with E-state index in [2.05, 4.69) is 4.74 Å². The van der Waals surface area contributed by atoms with Gasteiger partial charge in [-0.15, -0.1) is 0 Å². The zero-order valence-electron chi connectivity index (χ0n) is 5.78. The molecule has 0 rings (SSSR count). The smallest absolute Gasteiger partial charge is 0.499 e. The molecule has 0 aliphatic heterocycles. The Kier molecular flexibility index (Phi) is 14.6. The first-order valence-corrected chi connectivity index (χ1v) is 3.72. The number of carbonyl (C=O) groups is 1. The predicted molar refractivity (Wildman–Crippen MR) is 35.9 cm³/mol. The SMILES string of the molecule is CCOC(=O)CN.[OH][Al][OH]. The molecule has 59 valence electrons. The van der Waals surface area contributed by atoms with Crippen molar-refractivity contribution in [3.05, 3.63) is 0 Å².